The minimum Gasteiger partial charge on any atom is -0.481 e. The number of amides is 3. The molecule has 0 aliphatic heterocycles. The summed E-state index contributed by atoms with van der Waals surface area (Å²) in [5.41, 5.74) is 5.41. The number of nitrogens with two attached hydrogens (primary N) is 1. The van der Waals surface area contributed by atoms with Crippen LogP contribution in [0, 0.1) is 5.92 Å². The summed E-state index contributed by atoms with van der Waals surface area (Å²) < 4.78 is 0. The third-order valence-electron chi connectivity index (χ3n) is 4.32. The zero-order valence-electron chi connectivity index (χ0n) is 16.8. The van der Waals surface area contributed by atoms with Crippen LogP contribution in [-0.4, -0.2) is 75.3 Å². The Morgan fingerprint density at radius 3 is 1.79 bits per heavy atom. The molecular weight excluding hydrogens is 388 g/mol. The first-order valence-electron chi connectivity index (χ1n) is 9.11. The topological polar surface area (TPSA) is 208 Å². The van der Waals surface area contributed by atoms with Crippen molar-refractivity contribution in [2.45, 2.75) is 70.8 Å². The summed E-state index contributed by atoms with van der Waals surface area (Å²) in [5.74, 6) is -5.52. The highest BCUT2D eigenvalue weighted by atomic mass is 16.4. The Kier molecular flexibility index (Phi) is 10.8. The van der Waals surface area contributed by atoms with E-state index in [2.05, 4.69) is 16.0 Å². The van der Waals surface area contributed by atoms with Crippen LogP contribution >= 0.6 is 0 Å². The Morgan fingerprint density at radius 2 is 1.38 bits per heavy atom. The molecule has 0 aromatic rings. The molecule has 3 amide bonds. The highest BCUT2D eigenvalue weighted by Crippen LogP contribution is 2.08. The highest BCUT2D eigenvalue weighted by Gasteiger charge is 2.32. The number of hydrogen-bond acceptors (Lipinski definition) is 7. The van der Waals surface area contributed by atoms with Crippen molar-refractivity contribution in [1.29, 1.82) is 0 Å². The van der Waals surface area contributed by atoms with Gasteiger partial charge in [-0.05, 0) is 19.8 Å². The Bertz CT molecular complexity index is 625. The van der Waals surface area contributed by atoms with E-state index in [0.717, 1.165) is 0 Å². The number of aliphatic hydroxyl groups excluding tert-OH is 1. The van der Waals surface area contributed by atoms with E-state index in [0.29, 0.717) is 6.42 Å². The van der Waals surface area contributed by atoms with E-state index in [1.165, 1.54) is 13.8 Å². The molecule has 0 saturated carbocycles. The van der Waals surface area contributed by atoms with E-state index in [1.54, 1.807) is 13.8 Å². The molecular formula is C17H30N4O8. The van der Waals surface area contributed by atoms with Gasteiger partial charge >= 0.3 is 11.9 Å². The maximum Gasteiger partial charge on any atom is 0.326 e. The van der Waals surface area contributed by atoms with Gasteiger partial charge in [0.1, 0.15) is 18.1 Å². The number of rotatable bonds is 12. The fourth-order valence-electron chi connectivity index (χ4n) is 2.28. The number of carboxylic acid groups (broad SMARTS) is 2. The van der Waals surface area contributed by atoms with Crippen LogP contribution < -0.4 is 21.7 Å². The second-order valence-corrected chi connectivity index (χ2v) is 6.87. The molecule has 0 aromatic heterocycles. The lowest BCUT2D eigenvalue weighted by Gasteiger charge is -2.25. The molecule has 0 aromatic carbocycles. The summed E-state index contributed by atoms with van der Waals surface area (Å²) in [5, 5.41) is 34.4. The molecule has 0 fully saturated rings. The van der Waals surface area contributed by atoms with Gasteiger partial charge in [0.15, 0.2) is 0 Å². The summed E-state index contributed by atoms with van der Waals surface area (Å²) in [4.78, 5) is 58.4. The average molecular weight is 418 g/mol. The van der Waals surface area contributed by atoms with E-state index in [1.807, 2.05) is 0 Å². The van der Waals surface area contributed by atoms with Crippen molar-refractivity contribution in [3.63, 3.8) is 0 Å². The number of carboxylic acids is 2. The Balaban J connectivity index is 5.04. The largest absolute Gasteiger partial charge is 0.481 e. The minimum absolute atomic E-state index is 0.348. The maximum atomic E-state index is 12.4. The van der Waals surface area contributed by atoms with Crippen LogP contribution in [-0.2, 0) is 24.0 Å². The molecule has 29 heavy (non-hydrogen) atoms. The standard InChI is InChI=1S/C17H30N4O8/c1-5-7(2)12(17(28)29)20-14(25)8(3)19-16(27)13(9(4)22)21-15(26)10(18)6-11(23)24/h7-10,12-13,22H,5-6,18H2,1-4H3,(H,19,27)(H,20,25)(H,21,26)(H,23,24)(H,28,29). The molecule has 0 radical (unpaired) electrons. The van der Waals surface area contributed by atoms with Gasteiger partial charge in [-0.1, -0.05) is 20.3 Å². The predicted octanol–water partition coefficient (Wildman–Crippen LogP) is -2.23. The Morgan fingerprint density at radius 1 is 0.862 bits per heavy atom. The summed E-state index contributed by atoms with van der Waals surface area (Å²) >= 11 is 0. The van der Waals surface area contributed by atoms with Crippen LogP contribution in [0.1, 0.15) is 40.5 Å². The zero-order chi connectivity index (χ0) is 22.9. The SMILES string of the molecule is CCC(C)C(NC(=O)C(C)NC(=O)C(NC(=O)C(N)CC(=O)O)C(C)O)C(=O)O. The van der Waals surface area contributed by atoms with Crippen molar-refractivity contribution in [3.05, 3.63) is 0 Å². The first-order valence-corrected chi connectivity index (χ1v) is 9.11. The fraction of sp³-hybridized carbons (Fsp3) is 0.706. The number of nitrogens with one attached hydrogen (secondary N) is 3. The van der Waals surface area contributed by atoms with Gasteiger partial charge in [-0.2, -0.15) is 0 Å². The zero-order valence-corrected chi connectivity index (χ0v) is 16.8. The normalized spacial score (nSPS) is 17.0. The van der Waals surface area contributed by atoms with Crippen molar-refractivity contribution in [1.82, 2.24) is 16.0 Å². The van der Waals surface area contributed by atoms with Gasteiger partial charge in [0.05, 0.1) is 18.6 Å². The lowest BCUT2D eigenvalue weighted by Crippen LogP contribution is -2.59. The van der Waals surface area contributed by atoms with Crippen LogP contribution in [0.4, 0.5) is 0 Å². The van der Waals surface area contributed by atoms with Crippen LogP contribution in [0.15, 0.2) is 0 Å². The third-order valence-corrected chi connectivity index (χ3v) is 4.32. The van der Waals surface area contributed by atoms with E-state index >= 15 is 0 Å². The monoisotopic (exact) mass is 418 g/mol. The van der Waals surface area contributed by atoms with Crippen molar-refractivity contribution in [2.75, 3.05) is 0 Å². The van der Waals surface area contributed by atoms with Gasteiger partial charge < -0.3 is 37.0 Å². The average Bonchev–Trinajstić information content (AvgIpc) is 2.61. The number of aliphatic carboxylic acids is 2. The molecule has 0 bridgehead atoms. The Labute approximate surface area is 168 Å². The minimum atomic E-state index is -1.50. The number of aliphatic hydroxyl groups is 1. The second-order valence-electron chi connectivity index (χ2n) is 6.87. The fourth-order valence-corrected chi connectivity index (χ4v) is 2.28. The summed E-state index contributed by atoms with van der Waals surface area (Å²) in [6.07, 6.45) is -1.55. The number of carbonyl (C=O) groups excluding carboxylic acids is 3. The molecule has 6 unspecified atom stereocenters. The van der Waals surface area contributed by atoms with Crippen molar-refractivity contribution >= 4 is 29.7 Å². The molecule has 0 saturated heterocycles. The first-order chi connectivity index (χ1) is 13.3. The van der Waals surface area contributed by atoms with Crippen LogP contribution in [0.25, 0.3) is 0 Å². The van der Waals surface area contributed by atoms with Gasteiger partial charge in [0.25, 0.3) is 0 Å². The molecule has 0 spiro atoms. The molecule has 6 atom stereocenters. The Hall–Kier alpha value is -2.73. The third kappa shape index (κ3) is 8.87. The molecule has 0 aliphatic carbocycles. The van der Waals surface area contributed by atoms with Gasteiger partial charge in [0.2, 0.25) is 17.7 Å². The lowest BCUT2D eigenvalue weighted by molar-refractivity contribution is -0.143. The lowest BCUT2D eigenvalue weighted by atomic mass is 9.99. The predicted molar refractivity (Wildman–Crippen MR) is 100 cm³/mol. The van der Waals surface area contributed by atoms with Crippen molar-refractivity contribution < 1.29 is 39.3 Å². The van der Waals surface area contributed by atoms with Crippen LogP contribution in [0.2, 0.25) is 0 Å². The first kappa shape index (κ1) is 26.3. The summed E-state index contributed by atoms with van der Waals surface area (Å²) in [6.45, 7) is 5.94. The van der Waals surface area contributed by atoms with Gasteiger partial charge in [0, 0.05) is 0 Å². The number of hydrogen-bond donors (Lipinski definition) is 7. The van der Waals surface area contributed by atoms with Crippen LogP contribution in [0.3, 0.4) is 0 Å². The van der Waals surface area contributed by atoms with Crippen molar-refractivity contribution in [3.8, 4) is 0 Å². The van der Waals surface area contributed by atoms with E-state index < -0.39 is 66.4 Å². The molecule has 0 rings (SSSR count). The van der Waals surface area contributed by atoms with E-state index in [-0.39, 0.29) is 5.92 Å². The van der Waals surface area contributed by atoms with Gasteiger partial charge in [-0.3, -0.25) is 19.2 Å². The van der Waals surface area contributed by atoms with Crippen LogP contribution in [0.5, 0.6) is 0 Å². The van der Waals surface area contributed by atoms with Crippen molar-refractivity contribution in [2.24, 2.45) is 11.7 Å². The smallest absolute Gasteiger partial charge is 0.326 e. The summed E-state index contributed by atoms with van der Waals surface area (Å²) in [7, 11) is 0. The quantitative estimate of drug-likeness (QED) is 0.183. The maximum absolute atomic E-state index is 12.4. The molecule has 0 aliphatic rings. The molecule has 0 heterocycles. The van der Waals surface area contributed by atoms with Gasteiger partial charge in [-0.15, -0.1) is 0 Å². The molecule has 12 heteroatoms. The van der Waals surface area contributed by atoms with E-state index in [9.17, 15) is 34.2 Å². The molecule has 12 nitrogen and oxygen atoms in total. The van der Waals surface area contributed by atoms with E-state index in [4.69, 9.17) is 10.8 Å². The highest BCUT2D eigenvalue weighted by molar-refractivity contribution is 5.94. The second kappa shape index (κ2) is 12.0. The number of carbonyl (C=O) groups is 5. The molecule has 8 N–H and O–H groups in total. The molecule has 166 valence electrons. The summed E-state index contributed by atoms with van der Waals surface area (Å²) in [6, 6.07) is -5.25. The van der Waals surface area contributed by atoms with Gasteiger partial charge in [-0.25, -0.2) is 4.79 Å².